The van der Waals surface area contributed by atoms with Crippen molar-refractivity contribution in [2.75, 3.05) is 17.7 Å². The quantitative estimate of drug-likeness (QED) is 0.396. The van der Waals surface area contributed by atoms with Crippen LogP contribution >= 0.6 is 0 Å². The molecule has 4 aromatic rings. The predicted molar refractivity (Wildman–Crippen MR) is 122 cm³/mol. The number of fused-ring (bicyclic) bond motifs is 1. The summed E-state index contributed by atoms with van der Waals surface area (Å²) in [6.07, 6.45) is 8.27. The van der Waals surface area contributed by atoms with E-state index in [4.69, 9.17) is 10.5 Å². The number of nitrogens with one attached hydrogen (secondary N) is 1. The maximum atomic E-state index is 13.3. The predicted octanol–water partition coefficient (Wildman–Crippen LogP) is 4.43. The third kappa shape index (κ3) is 4.66. The maximum absolute atomic E-state index is 13.3. The molecule has 0 aliphatic carbocycles. The SMILES string of the molecule is CCC=CCOc1nc(N[C@@H](C)c2ccc(F)cc2)cc(-c2c(N)nn3cccnc23)n1. The molecule has 0 unspecified atom stereocenters. The number of hydrogen-bond donors (Lipinski definition) is 2. The van der Waals surface area contributed by atoms with Crippen LogP contribution in [0.15, 0.2) is 60.9 Å². The van der Waals surface area contributed by atoms with E-state index >= 15 is 0 Å². The average Bonchev–Trinajstić information content (AvgIpc) is 3.12. The number of hydrogen-bond acceptors (Lipinski definition) is 7. The van der Waals surface area contributed by atoms with Gasteiger partial charge in [-0.05, 0) is 37.1 Å². The van der Waals surface area contributed by atoms with Gasteiger partial charge in [-0.25, -0.2) is 13.9 Å². The Morgan fingerprint density at radius 2 is 2.03 bits per heavy atom. The number of rotatable bonds is 8. The number of nitrogens with zero attached hydrogens (tertiary/aromatic N) is 5. The molecule has 0 fully saturated rings. The van der Waals surface area contributed by atoms with Gasteiger partial charge in [0, 0.05) is 24.5 Å². The number of halogens is 1. The van der Waals surface area contributed by atoms with Crippen molar-refractivity contribution in [3.63, 3.8) is 0 Å². The summed E-state index contributed by atoms with van der Waals surface area (Å²) in [5.41, 5.74) is 8.82. The summed E-state index contributed by atoms with van der Waals surface area (Å²) in [5, 5.41) is 7.65. The second-order valence-electron chi connectivity index (χ2n) is 7.18. The van der Waals surface area contributed by atoms with Crippen molar-refractivity contribution in [1.29, 1.82) is 0 Å². The topological polar surface area (TPSA) is 103 Å². The summed E-state index contributed by atoms with van der Waals surface area (Å²) in [6.45, 7) is 4.35. The number of nitrogens with two attached hydrogens (primary N) is 1. The molecule has 4 rings (SSSR count). The van der Waals surface area contributed by atoms with Crippen LogP contribution in [0.2, 0.25) is 0 Å². The van der Waals surface area contributed by atoms with Crippen molar-refractivity contribution in [1.82, 2.24) is 24.6 Å². The fourth-order valence-electron chi connectivity index (χ4n) is 3.26. The van der Waals surface area contributed by atoms with Crippen molar-refractivity contribution in [3.05, 3.63) is 72.3 Å². The number of nitrogen functional groups attached to an aromatic ring is 1. The highest BCUT2D eigenvalue weighted by molar-refractivity contribution is 5.85. The van der Waals surface area contributed by atoms with Gasteiger partial charge in [0.25, 0.3) is 0 Å². The molecule has 9 heteroatoms. The van der Waals surface area contributed by atoms with Crippen LogP contribution in [0.25, 0.3) is 16.9 Å². The summed E-state index contributed by atoms with van der Waals surface area (Å²) in [6, 6.07) is 9.94. The normalized spacial score (nSPS) is 12.3. The Labute approximate surface area is 185 Å². The second-order valence-corrected chi connectivity index (χ2v) is 7.18. The lowest BCUT2D eigenvalue weighted by Gasteiger charge is -2.16. The molecule has 3 aromatic heterocycles. The van der Waals surface area contributed by atoms with Crippen LogP contribution in [-0.4, -0.2) is 31.2 Å². The van der Waals surface area contributed by atoms with E-state index in [1.54, 1.807) is 41.2 Å². The first-order chi connectivity index (χ1) is 15.5. The van der Waals surface area contributed by atoms with Crippen molar-refractivity contribution >= 4 is 17.3 Å². The minimum absolute atomic E-state index is 0.134. The zero-order valence-corrected chi connectivity index (χ0v) is 17.9. The fraction of sp³-hybridized carbons (Fsp3) is 0.217. The van der Waals surface area contributed by atoms with Gasteiger partial charge in [0.2, 0.25) is 0 Å². The van der Waals surface area contributed by atoms with E-state index in [0.29, 0.717) is 35.1 Å². The lowest BCUT2D eigenvalue weighted by atomic mass is 10.1. The highest BCUT2D eigenvalue weighted by Gasteiger charge is 2.18. The van der Waals surface area contributed by atoms with E-state index in [2.05, 4.69) is 25.4 Å². The van der Waals surface area contributed by atoms with Gasteiger partial charge < -0.3 is 15.8 Å². The lowest BCUT2D eigenvalue weighted by molar-refractivity contribution is 0.333. The number of allylic oxidation sites excluding steroid dienone is 1. The van der Waals surface area contributed by atoms with Crippen LogP contribution in [-0.2, 0) is 0 Å². The van der Waals surface area contributed by atoms with Gasteiger partial charge in [-0.1, -0.05) is 31.2 Å². The van der Waals surface area contributed by atoms with Crippen LogP contribution in [0.1, 0.15) is 31.9 Å². The van der Waals surface area contributed by atoms with E-state index in [1.165, 1.54) is 12.1 Å². The Hall–Kier alpha value is -4.01. The Kier molecular flexibility index (Phi) is 6.25. The molecule has 1 atom stereocenters. The molecule has 0 aliphatic heterocycles. The summed E-state index contributed by atoms with van der Waals surface area (Å²) in [7, 11) is 0. The molecule has 0 amide bonds. The zero-order valence-electron chi connectivity index (χ0n) is 17.9. The molecule has 0 saturated carbocycles. The zero-order chi connectivity index (χ0) is 22.5. The molecule has 0 radical (unpaired) electrons. The van der Waals surface area contributed by atoms with Crippen LogP contribution < -0.4 is 15.8 Å². The minimum Gasteiger partial charge on any atom is -0.459 e. The van der Waals surface area contributed by atoms with Gasteiger partial charge in [0.15, 0.2) is 11.5 Å². The van der Waals surface area contributed by atoms with Crippen molar-refractivity contribution in [2.24, 2.45) is 0 Å². The number of ether oxygens (including phenoxy) is 1. The first kappa shape index (κ1) is 21.2. The number of benzene rings is 1. The maximum Gasteiger partial charge on any atom is 0.319 e. The highest BCUT2D eigenvalue weighted by Crippen LogP contribution is 2.31. The number of aromatic nitrogens is 5. The monoisotopic (exact) mass is 433 g/mol. The highest BCUT2D eigenvalue weighted by atomic mass is 19.1. The molecular formula is C23H24FN7O. The summed E-state index contributed by atoms with van der Waals surface area (Å²) in [5.74, 6) is 0.560. The summed E-state index contributed by atoms with van der Waals surface area (Å²) < 4.78 is 20.6. The van der Waals surface area contributed by atoms with Crippen LogP contribution in [0, 0.1) is 5.82 Å². The number of anilines is 2. The molecule has 3 N–H and O–H groups in total. The van der Waals surface area contributed by atoms with Gasteiger partial charge in [0.1, 0.15) is 18.2 Å². The van der Waals surface area contributed by atoms with E-state index < -0.39 is 0 Å². The van der Waals surface area contributed by atoms with Crippen molar-refractivity contribution in [2.45, 2.75) is 26.3 Å². The van der Waals surface area contributed by atoms with E-state index in [9.17, 15) is 4.39 Å². The minimum atomic E-state index is -0.280. The molecule has 32 heavy (non-hydrogen) atoms. The smallest absolute Gasteiger partial charge is 0.319 e. The lowest BCUT2D eigenvalue weighted by Crippen LogP contribution is -2.10. The third-order valence-corrected chi connectivity index (χ3v) is 4.83. The third-order valence-electron chi connectivity index (χ3n) is 4.83. The van der Waals surface area contributed by atoms with Crippen LogP contribution in [0.4, 0.5) is 16.0 Å². The Balaban J connectivity index is 1.71. The van der Waals surface area contributed by atoms with E-state index in [1.807, 2.05) is 26.0 Å². The second kappa shape index (κ2) is 9.42. The van der Waals surface area contributed by atoms with E-state index in [-0.39, 0.29) is 17.9 Å². The van der Waals surface area contributed by atoms with Gasteiger partial charge >= 0.3 is 6.01 Å². The molecule has 0 saturated heterocycles. The fourth-order valence-corrected chi connectivity index (χ4v) is 3.26. The Morgan fingerprint density at radius 1 is 1.22 bits per heavy atom. The molecule has 3 heterocycles. The summed E-state index contributed by atoms with van der Waals surface area (Å²) >= 11 is 0. The van der Waals surface area contributed by atoms with Gasteiger partial charge in [0.05, 0.1) is 11.3 Å². The molecule has 0 bridgehead atoms. The molecule has 0 spiro atoms. The first-order valence-electron chi connectivity index (χ1n) is 10.3. The van der Waals surface area contributed by atoms with Gasteiger partial charge in [-0.2, -0.15) is 9.97 Å². The standard InChI is InChI=1S/C23H24FN7O/c1-3-4-5-13-32-23-28-18(20-21(25)30-31-12-6-11-26-22(20)31)14-19(29-23)27-15(2)16-7-9-17(24)10-8-16/h4-12,14-15H,3,13H2,1-2H3,(H2,25,30)(H,27,28,29)/t15-/m0/s1. The van der Waals surface area contributed by atoms with E-state index in [0.717, 1.165) is 12.0 Å². The Bertz CT molecular complexity index is 1240. The molecule has 164 valence electrons. The van der Waals surface area contributed by atoms with Crippen LogP contribution in [0.5, 0.6) is 6.01 Å². The van der Waals surface area contributed by atoms with Gasteiger partial charge in [-0.15, -0.1) is 5.10 Å². The molecule has 8 nitrogen and oxygen atoms in total. The first-order valence-corrected chi connectivity index (χ1v) is 10.3. The Morgan fingerprint density at radius 3 is 2.81 bits per heavy atom. The molecule has 0 aliphatic rings. The molecule has 1 aromatic carbocycles. The summed E-state index contributed by atoms with van der Waals surface area (Å²) in [4.78, 5) is 13.4. The van der Waals surface area contributed by atoms with Crippen LogP contribution in [0.3, 0.4) is 0 Å². The van der Waals surface area contributed by atoms with Crippen molar-refractivity contribution in [3.8, 4) is 17.3 Å². The van der Waals surface area contributed by atoms with Crippen molar-refractivity contribution < 1.29 is 9.13 Å². The average molecular weight is 433 g/mol. The molecular weight excluding hydrogens is 409 g/mol. The largest absolute Gasteiger partial charge is 0.459 e. The van der Waals surface area contributed by atoms with Gasteiger partial charge in [-0.3, -0.25) is 0 Å².